The molecule has 160 valence electrons. The minimum atomic E-state index is -0.0265. The number of hydrogen-bond acceptors (Lipinski definition) is 4. The Kier molecular flexibility index (Phi) is 5.71. The van der Waals surface area contributed by atoms with Gasteiger partial charge in [-0.15, -0.1) is 0 Å². The number of pyridine rings is 1. The summed E-state index contributed by atoms with van der Waals surface area (Å²) in [5.41, 5.74) is 3.61. The van der Waals surface area contributed by atoms with Gasteiger partial charge in [0.05, 0.1) is 5.69 Å². The van der Waals surface area contributed by atoms with Crippen LogP contribution in [-0.4, -0.2) is 60.1 Å². The number of carbonyl (C=O) groups excluding carboxylic acids is 1. The maximum absolute atomic E-state index is 12.9. The Labute approximate surface area is 183 Å². The topological polar surface area (TPSA) is 51.7 Å². The number of anilines is 2. The summed E-state index contributed by atoms with van der Waals surface area (Å²) in [6, 6.07) is 16.6. The van der Waals surface area contributed by atoms with E-state index >= 15 is 0 Å². The quantitative estimate of drug-likeness (QED) is 0.694. The number of aromatic nitrogens is 1. The van der Waals surface area contributed by atoms with Gasteiger partial charge in [-0.2, -0.15) is 0 Å². The van der Waals surface area contributed by atoms with E-state index in [2.05, 4.69) is 44.4 Å². The molecule has 2 fully saturated rings. The van der Waals surface area contributed by atoms with Gasteiger partial charge in [0, 0.05) is 74.7 Å². The van der Waals surface area contributed by atoms with Crippen molar-refractivity contribution < 1.29 is 4.79 Å². The van der Waals surface area contributed by atoms with Gasteiger partial charge < -0.3 is 15.1 Å². The largest absolute Gasteiger partial charge is 0.371 e. The molecule has 5 rings (SSSR count). The number of para-hydroxylation sites is 1. The third-order valence-electron chi connectivity index (χ3n) is 6.41. The van der Waals surface area contributed by atoms with Gasteiger partial charge in [-0.05, 0) is 36.6 Å². The van der Waals surface area contributed by atoms with Crippen molar-refractivity contribution in [2.45, 2.75) is 19.4 Å². The minimum absolute atomic E-state index is 0.0265. The van der Waals surface area contributed by atoms with Gasteiger partial charge in [-0.3, -0.25) is 9.88 Å². The fourth-order valence-electron chi connectivity index (χ4n) is 4.69. The average molecular weight is 416 g/mol. The van der Waals surface area contributed by atoms with E-state index in [9.17, 15) is 4.79 Å². The van der Waals surface area contributed by atoms with Crippen molar-refractivity contribution in [3.63, 3.8) is 0 Å². The molecule has 0 radical (unpaired) electrons. The van der Waals surface area contributed by atoms with Crippen LogP contribution in [0, 0.1) is 0 Å². The number of urea groups is 1. The maximum atomic E-state index is 12.9. The van der Waals surface area contributed by atoms with Gasteiger partial charge in [0.1, 0.15) is 0 Å². The zero-order valence-electron chi connectivity index (χ0n) is 17.8. The summed E-state index contributed by atoms with van der Waals surface area (Å²) in [6.45, 7) is 6.53. The van der Waals surface area contributed by atoms with Crippen molar-refractivity contribution in [1.29, 1.82) is 0 Å². The summed E-state index contributed by atoms with van der Waals surface area (Å²) in [4.78, 5) is 23.9. The lowest BCUT2D eigenvalue weighted by Gasteiger charge is -2.35. The van der Waals surface area contributed by atoms with Gasteiger partial charge in [0.15, 0.2) is 0 Å². The molecule has 2 amide bonds. The highest BCUT2D eigenvalue weighted by Gasteiger charge is 2.23. The lowest BCUT2D eigenvalue weighted by atomic mass is 10.1. The molecule has 0 unspecified atom stereocenters. The van der Waals surface area contributed by atoms with Crippen molar-refractivity contribution in [3.05, 3.63) is 66.5 Å². The summed E-state index contributed by atoms with van der Waals surface area (Å²) in [6.07, 6.45) is 6.16. The van der Waals surface area contributed by atoms with Crippen LogP contribution in [0.5, 0.6) is 0 Å². The standard InChI is InChI=1S/C25H29N5O/c31-25(27-23-8-5-7-20-18-26-11-10-22(20)23)30-16-14-28(15-17-30)19-21-6-1-2-9-24(21)29-12-3-4-13-29/h1-2,5-11,18H,3-4,12-17,19H2,(H,27,31). The molecular formula is C25H29N5O. The predicted octanol–water partition coefficient (Wildman–Crippen LogP) is 4.18. The van der Waals surface area contributed by atoms with E-state index in [1.807, 2.05) is 35.4 Å². The molecule has 6 heteroatoms. The van der Waals surface area contributed by atoms with Crippen LogP contribution < -0.4 is 10.2 Å². The van der Waals surface area contributed by atoms with E-state index in [-0.39, 0.29) is 6.03 Å². The van der Waals surface area contributed by atoms with E-state index < -0.39 is 0 Å². The molecule has 0 spiro atoms. The summed E-state index contributed by atoms with van der Waals surface area (Å²) in [5, 5.41) is 5.15. The van der Waals surface area contributed by atoms with E-state index in [4.69, 9.17) is 0 Å². The Morgan fingerprint density at radius 3 is 2.55 bits per heavy atom. The number of fused-ring (bicyclic) bond motifs is 1. The zero-order chi connectivity index (χ0) is 21.0. The molecule has 2 aliphatic rings. The summed E-state index contributed by atoms with van der Waals surface area (Å²) in [5.74, 6) is 0. The van der Waals surface area contributed by atoms with Crippen LogP contribution in [0.4, 0.5) is 16.2 Å². The van der Waals surface area contributed by atoms with Gasteiger partial charge in [0.25, 0.3) is 0 Å². The van der Waals surface area contributed by atoms with Gasteiger partial charge in [-0.25, -0.2) is 4.79 Å². The van der Waals surface area contributed by atoms with E-state index in [0.29, 0.717) is 0 Å². The van der Waals surface area contributed by atoms with Crippen LogP contribution in [0.3, 0.4) is 0 Å². The van der Waals surface area contributed by atoms with Crippen molar-refractivity contribution in [2.24, 2.45) is 0 Å². The van der Waals surface area contributed by atoms with Crippen molar-refractivity contribution in [3.8, 4) is 0 Å². The van der Waals surface area contributed by atoms with E-state index in [1.54, 1.807) is 6.20 Å². The molecule has 2 saturated heterocycles. The summed E-state index contributed by atoms with van der Waals surface area (Å²) in [7, 11) is 0. The highest BCUT2D eigenvalue weighted by atomic mass is 16.2. The molecular weight excluding hydrogens is 386 g/mol. The third-order valence-corrected chi connectivity index (χ3v) is 6.41. The fourth-order valence-corrected chi connectivity index (χ4v) is 4.69. The Bertz CT molecular complexity index is 1050. The first-order valence-electron chi connectivity index (χ1n) is 11.2. The van der Waals surface area contributed by atoms with Crippen LogP contribution in [0.15, 0.2) is 60.9 Å². The van der Waals surface area contributed by atoms with Crippen molar-refractivity contribution in [1.82, 2.24) is 14.8 Å². The molecule has 31 heavy (non-hydrogen) atoms. The molecule has 0 aliphatic carbocycles. The maximum Gasteiger partial charge on any atom is 0.321 e. The molecule has 2 aliphatic heterocycles. The lowest BCUT2D eigenvalue weighted by Crippen LogP contribution is -2.49. The molecule has 0 atom stereocenters. The molecule has 1 aromatic heterocycles. The van der Waals surface area contributed by atoms with Gasteiger partial charge in [-0.1, -0.05) is 30.3 Å². The number of nitrogens with one attached hydrogen (secondary N) is 1. The van der Waals surface area contributed by atoms with Gasteiger partial charge in [0.2, 0.25) is 0 Å². The zero-order valence-corrected chi connectivity index (χ0v) is 17.8. The molecule has 3 heterocycles. The summed E-state index contributed by atoms with van der Waals surface area (Å²) < 4.78 is 0. The molecule has 6 nitrogen and oxygen atoms in total. The Hall–Kier alpha value is -3.12. The number of benzene rings is 2. The second-order valence-electron chi connectivity index (χ2n) is 8.42. The fraction of sp³-hybridized carbons (Fsp3) is 0.360. The smallest absolute Gasteiger partial charge is 0.321 e. The SMILES string of the molecule is O=C(Nc1cccc2cnccc12)N1CCN(Cc2ccccc2N2CCCC2)CC1. The van der Waals surface area contributed by atoms with Gasteiger partial charge >= 0.3 is 6.03 Å². The average Bonchev–Trinajstić information content (AvgIpc) is 3.35. The number of nitrogens with zero attached hydrogens (tertiary/aromatic N) is 4. The lowest BCUT2D eigenvalue weighted by molar-refractivity contribution is 0.143. The molecule has 2 aromatic carbocycles. The predicted molar refractivity (Wildman–Crippen MR) is 126 cm³/mol. The second kappa shape index (κ2) is 8.94. The number of carbonyl (C=O) groups is 1. The van der Waals surface area contributed by atoms with Crippen LogP contribution in [0.2, 0.25) is 0 Å². The second-order valence-corrected chi connectivity index (χ2v) is 8.42. The van der Waals surface area contributed by atoms with Crippen molar-refractivity contribution in [2.75, 3.05) is 49.5 Å². The minimum Gasteiger partial charge on any atom is -0.371 e. The first kappa shape index (κ1) is 19.8. The van der Waals surface area contributed by atoms with Crippen LogP contribution >= 0.6 is 0 Å². The van der Waals surface area contributed by atoms with Crippen molar-refractivity contribution >= 4 is 28.2 Å². The van der Waals surface area contributed by atoms with Crippen LogP contribution in [0.1, 0.15) is 18.4 Å². The third kappa shape index (κ3) is 4.35. The molecule has 3 aromatic rings. The molecule has 0 bridgehead atoms. The summed E-state index contributed by atoms with van der Waals surface area (Å²) >= 11 is 0. The first-order valence-corrected chi connectivity index (χ1v) is 11.2. The number of hydrogen-bond donors (Lipinski definition) is 1. The highest BCUT2D eigenvalue weighted by molar-refractivity contribution is 6.01. The Morgan fingerprint density at radius 2 is 1.71 bits per heavy atom. The van der Waals surface area contributed by atoms with E-state index in [1.165, 1.54) is 24.1 Å². The normalized spacial score (nSPS) is 17.3. The number of rotatable bonds is 4. The highest BCUT2D eigenvalue weighted by Crippen LogP contribution is 2.26. The Balaban J connectivity index is 1.20. The molecule has 1 N–H and O–H groups in total. The number of piperazine rings is 1. The first-order chi connectivity index (χ1) is 15.3. The van der Waals surface area contributed by atoms with E-state index in [0.717, 1.165) is 62.3 Å². The molecule has 0 saturated carbocycles. The Morgan fingerprint density at radius 1 is 0.903 bits per heavy atom. The van der Waals surface area contributed by atoms with Crippen LogP contribution in [-0.2, 0) is 6.54 Å². The van der Waals surface area contributed by atoms with Crippen LogP contribution in [0.25, 0.3) is 10.8 Å². The number of amides is 2. The monoisotopic (exact) mass is 415 g/mol.